The van der Waals surface area contributed by atoms with Crippen molar-refractivity contribution >= 4 is 11.9 Å². The zero-order valence-corrected chi connectivity index (χ0v) is 10.9. The summed E-state index contributed by atoms with van der Waals surface area (Å²) in [4.78, 5) is 23.0. The number of esters is 1. The fourth-order valence-corrected chi connectivity index (χ4v) is 1.58. The molecule has 20 heavy (non-hydrogen) atoms. The van der Waals surface area contributed by atoms with E-state index < -0.39 is 5.97 Å². The lowest BCUT2D eigenvalue weighted by molar-refractivity contribution is 0.0593. The second-order valence-electron chi connectivity index (χ2n) is 3.98. The van der Waals surface area contributed by atoms with Crippen molar-refractivity contribution in [3.05, 3.63) is 47.8 Å². The van der Waals surface area contributed by atoms with Gasteiger partial charge >= 0.3 is 5.97 Å². The summed E-state index contributed by atoms with van der Waals surface area (Å²) < 4.78 is 6.00. The Kier molecular flexibility index (Phi) is 4.43. The van der Waals surface area contributed by atoms with E-state index in [-0.39, 0.29) is 11.6 Å². The average Bonchev–Trinajstić information content (AvgIpc) is 2.96. The van der Waals surface area contributed by atoms with Gasteiger partial charge in [0.05, 0.1) is 19.9 Å². The fourth-order valence-electron chi connectivity index (χ4n) is 1.58. The first kappa shape index (κ1) is 13.7. The topological polar surface area (TPSA) is 86.1 Å². The summed E-state index contributed by atoms with van der Waals surface area (Å²) in [5, 5.41) is 10.2. The quantitative estimate of drug-likeness (QED) is 0.802. The average molecular weight is 274 g/mol. The summed E-state index contributed by atoms with van der Waals surface area (Å²) in [6.07, 6.45) is 1.47. The number of carbonyl (C=O) groups excluding carboxylic acids is 2. The Balaban J connectivity index is 1.83. The van der Waals surface area contributed by atoms with Crippen LogP contribution in [0, 0.1) is 0 Å². The van der Waals surface area contributed by atoms with Crippen LogP contribution < -0.4 is 5.32 Å². The van der Waals surface area contributed by atoms with Gasteiger partial charge in [0.15, 0.2) is 5.69 Å². The Hall–Kier alpha value is -2.70. The molecule has 7 heteroatoms. The maximum Gasteiger partial charge on any atom is 0.360 e. The predicted octanol–water partition coefficient (Wildman–Crippen LogP) is 0.495. The lowest BCUT2D eigenvalue weighted by atomic mass is 10.2. The number of benzene rings is 1. The van der Waals surface area contributed by atoms with Crippen LogP contribution in [0.5, 0.6) is 0 Å². The number of hydrogen-bond donors (Lipinski definition) is 1. The molecule has 0 unspecified atom stereocenters. The van der Waals surface area contributed by atoms with Crippen LogP contribution in [0.2, 0.25) is 0 Å². The van der Waals surface area contributed by atoms with Gasteiger partial charge in [0.2, 0.25) is 0 Å². The van der Waals surface area contributed by atoms with Crippen LogP contribution in [0.25, 0.3) is 0 Å². The van der Waals surface area contributed by atoms with Gasteiger partial charge in [-0.2, -0.15) is 0 Å². The number of methoxy groups -OCH3 is 1. The smallest absolute Gasteiger partial charge is 0.360 e. The number of amides is 1. The third-order valence-electron chi connectivity index (χ3n) is 2.60. The molecule has 1 aromatic heterocycles. The van der Waals surface area contributed by atoms with Crippen molar-refractivity contribution in [2.24, 2.45) is 0 Å². The first-order valence-electron chi connectivity index (χ1n) is 6.02. The van der Waals surface area contributed by atoms with Gasteiger partial charge in [-0.25, -0.2) is 9.48 Å². The zero-order chi connectivity index (χ0) is 14.4. The second-order valence-corrected chi connectivity index (χ2v) is 3.98. The molecule has 2 aromatic rings. The molecule has 0 saturated heterocycles. The van der Waals surface area contributed by atoms with Gasteiger partial charge in [-0.3, -0.25) is 4.79 Å². The van der Waals surface area contributed by atoms with E-state index in [1.54, 1.807) is 24.3 Å². The SMILES string of the molecule is COC(=O)c1cn(CCNC(=O)c2ccccc2)nn1. The van der Waals surface area contributed by atoms with E-state index in [0.717, 1.165) is 0 Å². The monoisotopic (exact) mass is 274 g/mol. The number of nitrogens with zero attached hydrogens (tertiary/aromatic N) is 3. The third kappa shape index (κ3) is 3.41. The number of rotatable bonds is 5. The molecule has 0 radical (unpaired) electrons. The molecule has 0 saturated carbocycles. The first-order chi connectivity index (χ1) is 9.70. The van der Waals surface area contributed by atoms with E-state index in [2.05, 4.69) is 20.4 Å². The highest BCUT2D eigenvalue weighted by atomic mass is 16.5. The molecule has 0 fully saturated rings. The summed E-state index contributed by atoms with van der Waals surface area (Å²) in [5.74, 6) is -0.691. The fraction of sp³-hybridized carbons (Fsp3) is 0.231. The minimum Gasteiger partial charge on any atom is -0.464 e. The lowest BCUT2D eigenvalue weighted by Gasteiger charge is -2.04. The summed E-state index contributed by atoms with van der Waals surface area (Å²) in [7, 11) is 1.28. The van der Waals surface area contributed by atoms with Crippen molar-refractivity contribution in [1.29, 1.82) is 0 Å². The molecule has 0 aliphatic heterocycles. The maximum atomic E-state index is 11.8. The molecular weight excluding hydrogens is 260 g/mol. The molecule has 0 aliphatic rings. The molecule has 104 valence electrons. The minimum atomic E-state index is -0.537. The van der Waals surface area contributed by atoms with Crippen molar-refractivity contribution < 1.29 is 14.3 Å². The van der Waals surface area contributed by atoms with Crippen LogP contribution >= 0.6 is 0 Å². The van der Waals surface area contributed by atoms with E-state index in [4.69, 9.17) is 0 Å². The molecule has 0 aliphatic carbocycles. The van der Waals surface area contributed by atoms with E-state index in [1.165, 1.54) is 18.0 Å². The van der Waals surface area contributed by atoms with E-state index in [0.29, 0.717) is 18.7 Å². The third-order valence-corrected chi connectivity index (χ3v) is 2.60. The molecule has 0 atom stereocenters. The summed E-state index contributed by atoms with van der Waals surface area (Å²) in [5.41, 5.74) is 0.739. The molecule has 1 amide bonds. The van der Waals surface area contributed by atoms with Gasteiger partial charge < -0.3 is 10.1 Å². The van der Waals surface area contributed by atoms with Crippen LogP contribution in [0.4, 0.5) is 0 Å². The molecule has 2 rings (SSSR count). The van der Waals surface area contributed by atoms with E-state index in [9.17, 15) is 9.59 Å². The largest absolute Gasteiger partial charge is 0.464 e. The Morgan fingerprint density at radius 1 is 1.30 bits per heavy atom. The summed E-state index contributed by atoms with van der Waals surface area (Å²) in [6, 6.07) is 8.92. The first-order valence-corrected chi connectivity index (χ1v) is 6.02. The van der Waals surface area contributed by atoms with Crippen molar-refractivity contribution in [3.63, 3.8) is 0 Å². The van der Waals surface area contributed by atoms with Crippen LogP contribution in [0.3, 0.4) is 0 Å². The number of nitrogens with one attached hydrogen (secondary N) is 1. The van der Waals surface area contributed by atoms with Gasteiger partial charge in [0.1, 0.15) is 0 Å². The van der Waals surface area contributed by atoms with Gasteiger partial charge in [0, 0.05) is 12.1 Å². The number of hydrogen-bond acceptors (Lipinski definition) is 5. The van der Waals surface area contributed by atoms with Crippen LogP contribution in [-0.4, -0.2) is 40.5 Å². The minimum absolute atomic E-state index is 0.141. The standard InChI is InChI=1S/C13H14N4O3/c1-20-13(19)11-9-17(16-15-11)8-7-14-12(18)10-5-3-2-4-6-10/h2-6,9H,7-8H2,1H3,(H,14,18). The molecule has 1 heterocycles. The zero-order valence-electron chi connectivity index (χ0n) is 10.9. The van der Waals surface area contributed by atoms with Crippen LogP contribution in [-0.2, 0) is 11.3 Å². The van der Waals surface area contributed by atoms with Gasteiger partial charge in [0.25, 0.3) is 5.91 Å². The highest BCUT2D eigenvalue weighted by molar-refractivity contribution is 5.94. The Morgan fingerprint density at radius 2 is 2.05 bits per heavy atom. The van der Waals surface area contributed by atoms with E-state index in [1.807, 2.05) is 6.07 Å². The molecule has 7 nitrogen and oxygen atoms in total. The van der Waals surface area contributed by atoms with Crippen LogP contribution in [0.1, 0.15) is 20.8 Å². The van der Waals surface area contributed by atoms with Crippen LogP contribution in [0.15, 0.2) is 36.5 Å². The second kappa shape index (κ2) is 6.46. The Labute approximate surface area is 115 Å². The maximum absolute atomic E-state index is 11.8. The number of ether oxygens (including phenoxy) is 1. The van der Waals surface area contributed by atoms with Crippen molar-refractivity contribution in [2.45, 2.75) is 6.54 Å². The highest BCUT2D eigenvalue weighted by Crippen LogP contribution is 1.98. The van der Waals surface area contributed by atoms with Crippen molar-refractivity contribution in [2.75, 3.05) is 13.7 Å². The van der Waals surface area contributed by atoms with E-state index >= 15 is 0 Å². The highest BCUT2D eigenvalue weighted by Gasteiger charge is 2.10. The summed E-state index contributed by atoms with van der Waals surface area (Å²) >= 11 is 0. The number of aromatic nitrogens is 3. The number of carbonyl (C=O) groups is 2. The molecule has 0 spiro atoms. The normalized spacial score (nSPS) is 10.1. The molecule has 1 aromatic carbocycles. The lowest BCUT2D eigenvalue weighted by Crippen LogP contribution is -2.27. The van der Waals surface area contributed by atoms with Crippen molar-refractivity contribution in [3.8, 4) is 0 Å². The van der Waals surface area contributed by atoms with Crippen molar-refractivity contribution in [1.82, 2.24) is 20.3 Å². The Bertz CT molecular complexity index is 595. The molecular formula is C13H14N4O3. The molecule has 0 bridgehead atoms. The Morgan fingerprint density at radius 3 is 2.75 bits per heavy atom. The van der Waals surface area contributed by atoms with Gasteiger partial charge in [-0.1, -0.05) is 23.4 Å². The predicted molar refractivity (Wildman–Crippen MR) is 70.1 cm³/mol. The van der Waals surface area contributed by atoms with Gasteiger partial charge in [-0.05, 0) is 12.1 Å². The molecule has 1 N–H and O–H groups in total. The summed E-state index contributed by atoms with van der Waals surface area (Å²) in [6.45, 7) is 0.806. The van der Waals surface area contributed by atoms with Gasteiger partial charge in [-0.15, -0.1) is 5.10 Å².